The fourth-order valence-electron chi connectivity index (χ4n) is 2.97. The minimum Gasteiger partial charge on any atom is -0.399 e. The predicted molar refractivity (Wildman–Crippen MR) is 85.2 cm³/mol. The van der Waals surface area contributed by atoms with Gasteiger partial charge in [-0.15, -0.1) is 0 Å². The normalized spacial score (nSPS) is 23.8. The number of nitrogens with two attached hydrogens (primary N) is 1. The van der Waals surface area contributed by atoms with Crippen molar-refractivity contribution in [3.8, 4) is 0 Å². The molecule has 2 aromatic rings. The summed E-state index contributed by atoms with van der Waals surface area (Å²) >= 11 is 0. The number of hydrogen-bond donors (Lipinski definition) is 2. The molecule has 0 radical (unpaired) electrons. The number of fused-ring (bicyclic) bond motifs is 1. The van der Waals surface area contributed by atoms with E-state index in [1.807, 2.05) is 25.1 Å². The van der Waals surface area contributed by atoms with Gasteiger partial charge >= 0.3 is 0 Å². The van der Waals surface area contributed by atoms with Gasteiger partial charge in [0, 0.05) is 29.1 Å². The van der Waals surface area contributed by atoms with Crippen molar-refractivity contribution in [3.63, 3.8) is 0 Å². The van der Waals surface area contributed by atoms with Crippen LogP contribution in [0.4, 0.5) is 11.5 Å². The smallest absolute Gasteiger partial charge is 0.137 e. The van der Waals surface area contributed by atoms with E-state index in [0.717, 1.165) is 29.7 Å². The molecule has 0 amide bonds. The van der Waals surface area contributed by atoms with Crippen LogP contribution in [0.3, 0.4) is 0 Å². The van der Waals surface area contributed by atoms with Crippen molar-refractivity contribution in [2.45, 2.75) is 39.3 Å². The van der Waals surface area contributed by atoms with E-state index in [4.69, 9.17) is 10.5 Å². The van der Waals surface area contributed by atoms with E-state index in [0.29, 0.717) is 17.8 Å². The summed E-state index contributed by atoms with van der Waals surface area (Å²) in [6.07, 6.45) is 2.89. The third kappa shape index (κ3) is 2.42. The first-order valence-corrected chi connectivity index (χ1v) is 7.40. The maximum absolute atomic E-state index is 5.81. The Hall–Kier alpha value is -1.88. The number of ether oxygens (including phenoxy) is 1. The molecule has 21 heavy (non-hydrogen) atoms. The molecule has 2 atom stereocenters. The first-order valence-electron chi connectivity index (χ1n) is 7.40. The summed E-state index contributed by atoms with van der Waals surface area (Å²) < 4.78 is 5.77. The number of nitrogen functional groups attached to an aromatic ring is 1. The highest BCUT2D eigenvalue weighted by Crippen LogP contribution is 2.44. The lowest BCUT2D eigenvalue weighted by Gasteiger charge is -2.51. The molecule has 1 aliphatic carbocycles. The molecule has 1 saturated carbocycles. The van der Waals surface area contributed by atoms with Gasteiger partial charge in [0.15, 0.2) is 0 Å². The van der Waals surface area contributed by atoms with Crippen molar-refractivity contribution < 1.29 is 4.74 Å². The Labute approximate surface area is 124 Å². The highest BCUT2D eigenvalue weighted by Gasteiger charge is 2.49. The Morgan fingerprint density at radius 1 is 1.38 bits per heavy atom. The maximum Gasteiger partial charge on any atom is 0.137 e. The van der Waals surface area contributed by atoms with Gasteiger partial charge in [-0.25, -0.2) is 9.97 Å². The lowest BCUT2D eigenvalue weighted by molar-refractivity contribution is -0.0976. The quantitative estimate of drug-likeness (QED) is 0.845. The topological polar surface area (TPSA) is 73.1 Å². The van der Waals surface area contributed by atoms with Gasteiger partial charge in [0.1, 0.15) is 12.1 Å². The van der Waals surface area contributed by atoms with E-state index in [1.54, 1.807) is 6.33 Å². The highest BCUT2D eigenvalue weighted by atomic mass is 16.5. The van der Waals surface area contributed by atoms with Crippen LogP contribution in [0.5, 0.6) is 0 Å². The van der Waals surface area contributed by atoms with E-state index >= 15 is 0 Å². The standard InChI is InChI=1S/C16H22N4O/c1-4-21-14-8-13(16(14,2)3)20-15-11-6-5-10(17)7-12(11)18-9-19-15/h5-7,9,13-14H,4,8,17H2,1-3H3,(H,18,19,20). The molecule has 1 heterocycles. The molecular weight excluding hydrogens is 264 g/mol. The first-order chi connectivity index (χ1) is 10.0. The second-order valence-electron chi connectivity index (χ2n) is 6.20. The van der Waals surface area contributed by atoms with Gasteiger partial charge in [-0.2, -0.15) is 0 Å². The van der Waals surface area contributed by atoms with Crippen LogP contribution in [0.15, 0.2) is 24.5 Å². The molecule has 0 bridgehead atoms. The van der Waals surface area contributed by atoms with Gasteiger partial charge in [-0.05, 0) is 31.5 Å². The Bertz CT molecular complexity index is 656. The summed E-state index contributed by atoms with van der Waals surface area (Å²) in [6, 6.07) is 6.08. The molecule has 5 nitrogen and oxygen atoms in total. The van der Waals surface area contributed by atoms with Crippen molar-refractivity contribution >= 4 is 22.4 Å². The van der Waals surface area contributed by atoms with Crippen LogP contribution in [-0.4, -0.2) is 28.7 Å². The monoisotopic (exact) mass is 286 g/mol. The molecule has 1 aliphatic rings. The maximum atomic E-state index is 5.81. The molecule has 3 N–H and O–H groups in total. The molecule has 2 unspecified atom stereocenters. The van der Waals surface area contributed by atoms with E-state index in [1.165, 1.54) is 0 Å². The molecule has 1 aromatic carbocycles. The van der Waals surface area contributed by atoms with Crippen molar-refractivity contribution in [1.29, 1.82) is 0 Å². The highest BCUT2D eigenvalue weighted by molar-refractivity contribution is 5.90. The second kappa shape index (κ2) is 5.15. The molecule has 1 fully saturated rings. The minimum atomic E-state index is 0.0983. The predicted octanol–water partition coefficient (Wildman–Crippen LogP) is 2.83. The van der Waals surface area contributed by atoms with Crippen LogP contribution in [0.2, 0.25) is 0 Å². The molecule has 0 spiro atoms. The van der Waals surface area contributed by atoms with Gasteiger partial charge in [0.25, 0.3) is 0 Å². The molecule has 3 rings (SSSR count). The van der Waals surface area contributed by atoms with Crippen molar-refractivity contribution in [2.75, 3.05) is 17.7 Å². The molecular formula is C16H22N4O. The largest absolute Gasteiger partial charge is 0.399 e. The van der Waals surface area contributed by atoms with Crippen molar-refractivity contribution in [2.24, 2.45) is 5.41 Å². The molecule has 1 aromatic heterocycles. The number of anilines is 2. The summed E-state index contributed by atoms with van der Waals surface area (Å²) in [7, 11) is 0. The number of nitrogens with one attached hydrogen (secondary N) is 1. The van der Waals surface area contributed by atoms with E-state index in [2.05, 4.69) is 29.1 Å². The van der Waals surface area contributed by atoms with E-state index in [-0.39, 0.29) is 5.41 Å². The minimum absolute atomic E-state index is 0.0983. The number of benzene rings is 1. The second-order valence-corrected chi connectivity index (χ2v) is 6.20. The number of hydrogen-bond acceptors (Lipinski definition) is 5. The van der Waals surface area contributed by atoms with Crippen LogP contribution in [0.25, 0.3) is 10.9 Å². The fraction of sp³-hybridized carbons (Fsp3) is 0.500. The Morgan fingerprint density at radius 3 is 2.90 bits per heavy atom. The Balaban J connectivity index is 1.83. The number of aromatic nitrogens is 2. The van der Waals surface area contributed by atoms with Gasteiger partial charge in [-0.1, -0.05) is 13.8 Å². The first kappa shape index (κ1) is 14.1. The van der Waals surface area contributed by atoms with Gasteiger partial charge in [0.2, 0.25) is 0 Å². The average Bonchev–Trinajstić information content (AvgIpc) is 2.46. The number of nitrogens with zero attached hydrogens (tertiary/aromatic N) is 2. The summed E-state index contributed by atoms with van der Waals surface area (Å²) in [6.45, 7) is 7.27. The summed E-state index contributed by atoms with van der Waals surface area (Å²) in [5.74, 6) is 0.869. The molecule has 112 valence electrons. The third-order valence-electron chi connectivity index (χ3n) is 4.52. The Kier molecular flexibility index (Phi) is 3.45. The van der Waals surface area contributed by atoms with Crippen molar-refractivity contribution in [1.82, 2.24) is 9.97 Å². The van der Waals surface area contributed by atoms with Gasteiger partial charge in [-0.3, -0.25) is 0 Å². The lowest BCUT2D eigenvalue weighted by atomic mass is 9.64. The lowest BCUT2D eigenvalue weighted by Crippen LogP contribution is -2.58. The van der Waals surface area contributed by atoms with Crippen LogP contribution in [0.1, 0.15) is 27.2 Å². The zero-order chi connectivity index (χ0) is 15.0. The summed E-state index contributed by atoms with van der Waals surface area (Å²) in [5, 5.41) is 4.55. The van der Waals surface area contributed by atoms with Crippen LogP contribution < -0.4 is 11.1 Å². The SMILES string of the molecule is CCOC1CC(Nc2ncnc3cc(N)ccc23)C1(C)C. The summed E-state index contributed by atoms with van der Waals surface area (Å²) in [4.78, 5) is 8.67. The molecule has 0 saturated heterocycles. The van der Waals surface area contributed by atoms with E-state index in [9.17, 15) is 0 Å². The third-order valence-corrected chi connectivity index (χ3v) is 4.52. The molecule has 5 heteroatoms. The number of rotatable bonds is 4. The van der Waals surface area contributed by atoms with Crippen LogP contribution in [-0.2, 0) is 4.74 Å². The van der Waals surface area contributed by atoms with Crippen LogP contribution in [0, 0.1) is 5.41 Å². The van der Waals surface area contributed by atoms with Crippen LogP contribution >= 0.6 is 0 Å². The van der Waals surface area contributed by atoms with Gasteiger partial charge in [0.05, 0.1) is 11.6 Å². The van der Waals surface area contributed by atoms with Crippen molar-refractivity contribution in [3.05, 3.63) is 24.5 Å². The zero-order valence-electron chi connectivity index (χ0n) is 12.8. The Morgan fingerprint density at radius 2 is 2.19 bits per heavy atom. The fourth-order valence-corrected chi connectivity index (χ4v) is 2.97. The van der Waals surface area contributed by atoms with Gasteiger partial charge < -0.3 is 15.8 Å². The zero-order valence-corrected chi connectivity index (χ0v) is 12.8. The average molecular weight is 286 g/mol. The molecule has 0 aliphatic heterocycles. The van der Waals surface area contributed by atoms with E-state index < -0.39 is 0 Å². The summed E-state index contributed by atoms with van der Waals surface area (Å²) in [5.41, 5.74) is 7.49.